The summed E-state index contributed by atoms with van der Waals surface area (Å²) in [5.74, 6) is -0.331. The molecule has 0 aliphatic heterocycles. The van der Waals surface area contributed by atoms with Crippen molar-refractivity contribution in [2.75, 3.05) is 6.67 Å². The Labute approximate surface area is 46.7 Å². The largest absolute Gasteiger partial charge is 0.303 e. The summed E-state index contributed by atoms with van der Waals surface area (Å²) in [6, 6.07) is 0. The molecule has 0 aliphatic rings. The maximum Gasteiger partial charge on any atom is 0.142 e. The van der Waals surface area contributed by atoms with Gasteiger partial charge >= 0.3 is 0 Å². The second-order valence-electron chi connectivity index (χ2n) is 1.35. The first-order chi connectivity index (χ1) is 3.81. The number of carbonyl (C=O) groups excluding carboxylic acids is 2. The molecule has 0 bridgehead atoms. The van der Waals surface area contributed by atoms with Gasteiger partial charge in [-0.05, 0) is 0 Å². The van der Waals surface area contributed by atoms with Crippen LogP contribution < -0.4 is 0 Å². The first-order valence-electron chi connectivity index (χ1n) is 2.32. The van der Waals surface area contributed by atoms with Gasteiger partial charge in [-0.15, -0.1) is 0 Å². The van der Waals surface area contributed by atoms with Crippen molar-refractivity contribution in [2.45, 2.75) is 12.8 Å². The summed E-state index contributed by atoms with van der Waals surface area (Å²) in [5, 5.41) is 0. The molecule has 0 saturated heterocycles. The van der Waals surface area contributed by atoms with Gasteiger partial charge in [-0.2, -0.15) is 0 Å². The molecule has 0 radical (unpaired) electrons. The van der Waals surface area contributed by atoms with Crippen LogP contribution in [0.1, 0.15) is 12.8 Å². The van der Waals surface area contributed by atoms with E-state index in [4.69, 9.17) is 0 Å². The zero-order chi connectivity index (χ0) is 6.41. The van der Waals surface area contributed by atoms with Crippen molar-refractivity contribution in [3.05, 3.63) is 0 Å². The monoisotopic (exact) mass is 118 g/mol. The number of Topliss-reactive ketones (excluding diaryl/α,β-unsaturated/α-hetero) is 1. The fraction of sp³-hybridized carbons (Fsp3) is 0.600. The van der Waals surface area contributed by atoms with Gasteiger partial charge in [-0.1, -0.05) is 0 Å². The van der Waals surface area contributed by atoms with Crippen LogP contribution in [0.15, 0.2) is 0 Å². The summed E-state index contributed by atoms with van der Waals surface area (Å²) < 4.78 is 11.2. The van der Waals surface area contributed by atoms with E-state index in [1.165, 1.54) is 0 Å². The smallest absolute Gasteiger partial charge is 0.142 e. The molecule has 0 N–H and O–H groups in total. The molecule has 2 nitrogen and oxygen atoms in total. The summed E-state index contributed by atoms with van der Waals surface area (Å²) in [5.41, 5.74) is 0. The molecule has 0 aromatic heterocycles. The zero-order valence-electron chi connectivity index (χ0n) is 4.39. The van der Waals surface area contributed by atoms with Gasteiger partial charge in [0, 0.05) is 6.42 Å². The van der Waals surface area contributed by atoms with E-state index in [0.717, 1.165) is 0 Å². The van der Waals surface area contributed by atoms with Gasteiger partial charge in [0.05, 0.1) is 13.1 Å². The molecular weight excluding hydrogens is 111 g/mol. The lowest BCUT2D eigenvalue weighted by molar-refractivity contribution is -0.122. The normalized spacial score (nSPS) is 8.62. The lowest BCUT2D eigenvalue weighted by Crippen LogP contribution is -1.98. The topological polar surface area (TPSA) is 34.1 Å². The number of alkyl halides is 1. The Balaban J connectivity index is 3.18. The number of hydrogen-bond donors (Lipinski definition) is 0. The molecule has 0 rings (SSSR count). The number of halogens is 1. The van der Waals surface area contributed by atoms with Crippen LogP contribution in [0.25, 0.3) is 0 Å². The maximum absolute atomic E-state index is 11.2. The molecule has 0 saturated carbocycles. The standard InChI is InChI=1S/C5H7FO2/c6-3-1-5(8)2-4-7/h4H,1-3H2. The molecule has 0 fully saturated rings. The minimum atomic E-state index is -0.660. The minimum absolute atomic E-state index is 0.126. The number of hydrogen-bond acceptors (Lipinski definition) is 2. The fourth-order valence-electron chi connectivity index (χ4n) is 0.300. The predicted molar refractivity (Wildman–Crippen MR) is 26.3 cm³/mol. The van der Waals surface area contributed by atoms with Crippen LogP contribution in [0.4, 0.5) is 4.39 Å². The Morgan fingerprint density at radius 3 is 2.62 bits per heavy atom. The Kier molecular flexibility index (Phi) is 4.03. The summed E-state index contributed by atoms with van der Waals surface area (Å²) in [7, 11) is 0. The van der Waals surface area contributed by atoms with E-state index in [-0.39, 0.29) is 18.6 Å². The van der Waals surface area contributed by atoms with E-state index in [9.17, 15) is 14.0 Å². The quantitative estimate of drug-likeness (QED) is 0.398. The summed E-state index contributed by atoms with van der Waals surface area (Å²) in [6.45, 7) is -0.660. The van der Waals surface area contributed by atoms with E-state index in [0.29, 0.717) is 6.29 Å². The van der Waals surface area contributed by atoms with Gasteiger partial charge in [-0.3, -0.25) is 9.18 Å². The molecule has 0 aromatic carbocycles. The van der Waals surface area contributed by atoms with E-state index >= 15 is 0 Å². The molecule has 46 valence electrons. The van der Waals surface area contributed by atoms with E-state index in [1.807, 2.05) is 0 Å². The van der Waals surface area contributed by atoms with Crippen LogP contribution in [0.2, 0.25) is 0 Å². The maximum atomic E-state index is 11.2. The van der Waals surface area contributed by atoms with Gasteiger partial charge in [-0.25, -0.2) is 0 Å². The highest BCUT2D eigenvalue weighted by Gasteiger charge is 1.97. The van der Waals surface area contributed by atoms with Crippen molar-refractivity contribution in [1.29, 1.82) is 0 Å². The van der Waals surface area contributed by atoms with Gasteiger partial charge in [0.2, 0.25) is 0 Å². The second kappa shape index (κ2) is 4.43. The van der Waals surface area contributed by atoms with Gasteiger partial charge in [0.15, 0.2) is 0 Å². The fourth-order valence-corrected chi connectivity index (χ4v) is 0.300. The Bertz CT molecular complexity index is 90.4. The van der Waals surface area contributed by atoms with Crippen LogP contribution in [0.5, 0.6) is 0 Å². The molecule has 0 atom stereocenters. The van der Waals surface area contributed by atoms with Crippen molar-refractivity contribution < 1.29 is 14.0 Å². The summed E-state index contributed by atoms with van der Waals surface area (Å²) >= 11 is 0. The van der Waals surface area contributed by atoms with Crippen molar-refractivity contribution in [3.8, 4) is 0 Å². The number of rotatable bonds is 4. The zero-order valence-corrected chi connectivity index (χ0v) is 4.39. The minimum Gasteiger partial charge on any atom is -0.303 e. The van der Waals surface area contributed by atoms with Crippen molar-refractivity contribution >= 4 is 12.1 Å². The molecule has 0 unspecified atom stereocenters. The first-order valence-corrected chi connectivity index (χ1v) is 2.32. The molecule has 3 heteroatoms. The van der Waals surface area contributed by atoms with Gasteiger partial charge < -0.3 is 4.79 Å². The third-order valence-electron chi connectivity index (χ3n) is 0.684. The summed E-state index contributed by atoms with van der Waals surface area (Å²) in [4.78, 5) is 19.7. The van der Waals surface area contributed by atoms with Gasteiger partial charge in [0.25, 0.3) is 0 Å². The van der Waals surface area contributed by atoms with Crippen LogP contribution in [-0.2, 0) is 9.59 Å². The number of ketones is 1. The van der Waals surface area contributed by atoms with E-state index in [1.54, 1.807) is 0 Å². The lowest BCUT2D eigenvalue weighted by Gasteiger charge is -1.84. The SMILES string of the molecule is O=CCC(=O)CCF. The Hall–Kier alpha value is -0.730. The van der Waals surface area contributed by atoms with Crippen molar-refractivity contribution in [1.82, 2.24) is 0 Å². The van der Waals surface area contributed by atoms with E-state index in [2.05, 4.69) is 0 Å². The average molecular weight is 118 g/mol. The third-order valence-corrected chi connectivity index (χ3v) is 0.684. The average Bonchev–Trinajstić information content (AvgIpc) is 1.68. The third kappa shape index (κ3) is 3.46. The Morgan fingerprint density at radius 2 is 2.25 bits per heavy atom. The highest BCUT2D eigenvalue weighted by molar-refractivity contribution is 5.89. The highest BCUT2D eigenvalue weighted by atomic mass is 19.1. The highest BCUT2D eigenvalue weighted by Crippen LogP contribution is 1.86. The van der Waals surface area contributed by atoms with Crippen LogP contribution in [0, 0.1) is 0 Å². The molecule has 0 heterocycles. The first kappa shape index (κ1) is 7.27. The second-order valence-corrected chi connectivity index (χ2v) is 1.35. The molecule has 0 aliphatic carbocycles. The lowest BCUT2D eigenvalue weighted by atomic mass is 10.2. The van der Waals surface area contributed by atoms with Crippen LogP contribution in [-0.4, -0.2) is 18.7 Å². The molecule has 0 aromatic rings. The molecular formula is C5H7FO2. The van der Waals surface area contributed by atoms with Crippen molar-refractivity contribution in [2.24, 2.45) is 0 Å². The molecule has 0 amide bonds. The number of carbonyl (C=O) groups is 2. The van der Waals surface area contributed by atoms with Crippen molar-refractivity contribution in [3.63, 3.8) is 0 Å². The predicted octanol–water partition coefficient (Wildman–Crippen LogP) is 0.504. The van der Waals surface area contributed by atoms with Crippen LogP contribution >= 0.6 is 0 Å². The van der Waals surface area contributed by atoms with Crippen LogP contribution in [0.3, 0.4) is 0 Å². The Morgan fingerprint density at radius 1 is 1.62 bits per heavy atom. The molecule has 8 heavy (non-hydrogen) atoms. The summed E-state index contributed by atoms with van der Waals surface area (Å²) in [6.07, 6.45) is 0.209. The number of aldehydes is 1. The van der Waals surface area contributed by atoms with Gasteiger partial charge in [0.1, 0.15) is 12.1 Å². The molecule has 0 spiro atoms. The van der Waals surface area contributed by atoms with E-state index < -0.39 is 6.67 Å².